The third-order valence-electron chi connectivity index (χ3n) is 4.06. The van der Waals surface area contributed by atoms with Gasteiger partial charge in [0.15, 0.2) is 5.82 Å². The third-order valence-corrected chi connectivity index (χ3v) is 4.83. The Morgan fingerprint density at radius 1 is 1.12 bits per heavy atom. The molecule has 0 aliphatic heterocycles. The molecular formula is C19H15FN4OS. The number of hydrogen-bond donors (Lipinski definition) is 1. The van der Waals surface area contributed by atoms with Crippen LogP contribution in [0.15, 0.2) is 60.2 Å². The van der Waals surface area contributed by atoms with Gasteiger partial charge in [0.25, 0.3) is 5.91 Å². The average molecular weight is 366 g/mol. The van der Waals surface area contributed by atoms with E-state index in [-0.39, 0.29) is 5.91 Å². The van der Waals surface area contributed by atoms with E-state index >= 15 is 0 Å². The maximum absolute atomic E-state index is 12.7. The summed E-state index contributed by atoms with van der Waals surface area (Å²) in [5.74, 6) is 0.287. The molecule has 0 saturated heterocycles. The van der Waals surface area contributed by atoms with Gasteiger partial charge in [0.2, 0.25) is 0 Å². The average Bonchev–Trinajstić information content (AvgIpc) is 3.32. The summed E-state index contributed by atoms with van der Waals surface area (Å²) >= 11 is 1.28. The van der Waals surface area contributed by atoms with Crippen molar-refractivity contribution in [2.75, 3.05) is 5.32 Å². The van der Waals surface area contributed by atoms with Gasteiger partial charge >= 0.3 is 0 Å². The van der Waals surface area contributed by atoms with Crippen molar-refractivity contribution in [2.24, 2.45) is 0 Å². The van der Waals surface area contributed by atoms with Crippen LogP contribution in [0.25, 0.3) is 10.9 Å². The van der Waals surface area contributed by atoms with Crippen LogP contribution in [0.4, 0.5) is 10.2 Å². The number of carbonyl (C=O) groups excluding carboxylic acids is 1. The molecule has 0 unspecified atom stereocenters. The van der Waals surface area contributed by atoms with Crippen molar-refractivity contribution in [1.29, 1.82) is 0 Å². The van der Waals surface area contributed by atoms with E-state index in [9.17, 15) is 9.18 Å². The van der Waals surface area contributed by atoms with Crippen molar-refractivity contribution in [3.63, 3.8) is 0 Å². The molecule has 2 aromatic carbocycles. The summed E-state index contributed by atoms with van der Waals surface area (Å²) in [5, 5.41) is 8.30. The van der Waals surface area contributed by atoms with Gasteiger partial charge in [0.1, 0.15) is 11.6 Å². The van der Waals surface area contributed by atoms with Crippen LogP contribution < -0.4 is 5.32 Å². The Labute approximate surface area is 153 Å². The zero-order valence-electron chi connectivity index (χ0n) is 13.7. The van der Waals surface area contributed by atoms with E-state index in [1.165, 1.54) is 17.5 Å². The molecule has 2 aromatic heterocycles. The van der Waals surface area contributed by atoms with Crippen molar-refractivity contribution in [2.45, 2.75) is 13.2 Å². The summed E-state index contributed by atoms with van der Waals surface area (Å²) in [6.07, 6.45) is 1.53. The van der Waals surface area contributed by atoms with Gasteiger partial charge in [-0.1, -0.05) is 36.4 Å². The number of benzene rings is 2. The Hall–Kier alpha value is -3.06. The summed E-state index contributed by atoms with van der Waals surface area (Å²) in [6.45, 7) is 0.0578. The van der Waals surface area contributed by atoms with Crippen LogP contribution in [0.2, 0.25) is 0 Å². The number of nitrogens with one attached hydrogen (secondary N) is 1. The summed E-state index contributed by atoms with van der Waals surface area (Å²) in [4.78, 5) is 16.8. The molecule has 0 spiro atoms. The first-order valence-electron chi connectivity index (χ1n) is 8.04. The lowest BCUT2D eigenvalue weighted by Crippen LogP contribution is -2.11. The number of thiazole rings is 1. The molecule has 0 fully saturated rings. The lowest BCUT2D eigenvalue weighted by Gasteiger charge is -2.04. The van der Waals surface area contributed by atoms with Gasteiger partial charge in [-0.15, -0.1) is 11.3 Å². The number of rotatable bonds is 5. The Morgan fingerprint density at radius 3 is 2.62 bits per heavy atom. The van der Waals surface area contributed by atoms with Gasteiger partial charge in [-0.25, -0.2) is 4.39 Å². The van der Waals surface area contributed by atoms with E-state index in [0.29, 0.717) is 22.8 Å². The SMILES string of the molecule is O=C(Nc1nn(Cc2ccc(CF)cc2)c2ccccc12)c1cncs1. The first-order chi connectivity index (χ1) is 12.7. The molecule has 0 aliphatic rings. The van der Waals surface area contributed by atoms with Gasteiger partial charge < -0.3 is 5.32 Å². The molecular weight excluding hydrogens is 351 g/mol. The molecule has 0 aliphatic carbocycles. The topological polar surface area (TPSA) is 59.8 Å². The Morgan fingerprint density at radius 2 is 1.88 bits per heavy atom. The molecule has 4 aromatic rings. The van der Waals surface area contributed by atoms with Crippen LogP contribution in [-0.2, 0) is 13.2 Å². The molecule has 5 nitrogen and oxygen atoms in total. The number of amides is 1. The van der Waals surface area contributed by atoms with E-state index < -0.39 is 6.67 Å². The summed E-state index contributed by atoms with van der Waals surface area (Å²) in [5.41, 5.74) is 4.20. The van der Waals surface area contributed by atoms with Crippen LogP contribution in [0.1, 0.15) is 20.8 Å². The largest absolute Gasteiger partial charge is 0.304 e. The van der Waals surface area contributed by atoms with Crippen LogP contribution in [0, 0.1) is 0 Å². The van der Waals surface area contributed by atoms with E-state index in [4.69, 9.17) is 0 Å². The molecule has 0 atom stereocenters. The lowest BCUT2D eigenvalue weighted by atomic mass is 10.1. The summed E-state index contributed by atoms with van der Waals surface area (Å²) in [6, 6.07) is 15.0. The number of carbonyl (C=O) groups is 1. The maximum atomic E-state index is 12.7. The number of halogens is 1. The van der Waals surface area contributed by atoms with Crippen LogP contribution in [-0.4, -0.2) is 20.7 Å². The highest BCUT2D eigenvalue weighted by Crippen LogP contribution is 2.24. The molecule has 1 amide bonds. The fraction of sp³-hybridized carbons (Fsp3) is 0.105. The van der Waals surface area contributed by atoms with Gasteiger partial charge in [0.05, 0.1) is 23.8 Å². The lowest BCUT2D eigenvalue weighted by molar-refractivity contribution is 0.103. The van der Waals surface area contributed by atoms with Crippen molar-refractivity contribution < 1.29 is 9.18 Å². The molecule has 0 saturated carbocycles. The predicted octanol–water partition coefficient (Wildman–Crippen LogP) is 4.26. The number of fused-ring (bicyclic) bond motifs is 1. The first-order valence-corrected chi connectivity index (χ1v) is 8.92. The van der Waals surface area contributed by atoms with E-state index in [1.807, 2.05) is 41.1 Å². The minimum absolute atomic E-state index is 0.227. The second-order valence-corrected chi connectivity index (χ2v) is 6.68. The normalized spacial score (nSPS) is 11.0. The maximum Gasteiger partial charge on any atom is 0.268 e. The van der Waals surface area contributed by atoms with Crippen LogP contribution >= 0.6 is 11.3 Å². The van der Waals surface area contributed by atoms with E-state index in [1.54, 1.807) is 17.6 Å². The van der Waals surface area contributed by atoms with Crippen molar-refractivity contribution in [3.05, 3.63) is 76.2 Å². The molecule has 4 rings (SSSR count). The molecule has 0 bridgehead atoms. The fourth-order valence-electron chi connectivity index (χ4n) is 2.74. The van der Waals surface area contributed by atoms with Crippen LogP contribution in [0.5, 0.6) is 0 Å². The number of hydrogen-bond acceptors (Lipinski definition) is 4. The van der Waals surface area contributed by atoms with Crippen molar-refractivity contribution in [1.82, 2.24) is 14.8 Å². The van der Waals surface area contributed by atoms with Gasteiger partial charge in [-0.3, -0.25) is 14.5 Å². The Balaban J connectivity index is 1.66. The molecule has 2 heterocycles. The van der Waals surface area contributed by atoms with Gasteiger partial charge in [-0.2, -0.15) is 5.10 Å². The number of aromatic nitrogens is 3. The molecule has 7 heteroatoms. The Kier molecular flexibility index (Phi) is 4.45. The second-order valence-electron chi connectivity index (χ2n) is 5.79. The second kappa shape index (κ2) is 7.05. The Bertz CT molecular complexity index is 1040. The highest BCUT2D eigenvalue weighted by Gasteiger charge is 2.15. The highest BCUT2D eigenvalue weighted by molar-refractivity contribution is 7.11. The van der Waals surface area contributed by atoms with Gasteiger partial charge in [-0.05, 0) is 23.3 Å². The molecule has 130 valence electrons. The third kappa shape index (κ3) is 3.21. The minimum atomic E-state index is -0.473. The highest BCUT2D eigenvalue weighted by atomic mass is 32.1. The van der Waals surface area contributed by atoms with E-state index in [2.05, 4.69) is 15.4 Å². The monoisotopic (exact) mass is 366 g/mol. The minimum Gasteiger partial charge on any atom is -0.304 e. The van der Waals surface area contributed by atoms with Crippen molar-refractivity contribution >= 4 is 34.0 Å². The fourth-order valence-corrected chi connectivity index (χ4v) is 3.26. The predicted molar refractivity (Wildman–Crippen MR) is 100 cm³/mol. The van der Waals surface area contributed by atoms with E-state index in [0.717, 1.165) is 16.5 Å². The summed E-state index contributed by atoms with van der Waals surface area (Å²) < 4.78 is 14.5. The number of nitrogens with zero attached hydrogens (tertiary/aromatic N) is 3. The first kappa shape index (κ1) is 16.4. The number of alkyl halides is 1. The number of para-hydroxylation sites is 1. The van der Waals surface area contributed by atoms with Crippen molar-refractivity contribution in [3.8, 4) is 0 Å². The number of anilines is 1. The summed E-state index contributed by atoms with van der Waals surface area (Å²) in [7, 11) is 0. The smallest absolute Gasteiger partial charge is 0.268 e. The molecule has 1 N–H and O–H groups in total. The zero-order chi connectivity index (χ0) is 17.9. The van der Waals surface area contributed by atoms with Crippen LogP contribution in [0.3, 0.4) is 0 Å². The molecule has 0 radical (unpaired) electrons. The quantitative estimate of drug-likeness (QED) is 0.574. The molecule has 26 heavy (non-hydrogen) atoms. The zero-order valence-corrected chi connectivity index (χ0v) is 14.5. The van der Waals surface area contributed by atoms with Gasteiger partial charge in [0, 0.05) is 5.39 Å². The standard InChI is InChI=1S/C19H15FN4OS/c20-9-13-5-7-14(8-6-13)11-24-16-4-2-1-3-15(16)18(23-24)22-19(25)17-10-21-12-26-17/h1-8,10,12H,9,11H2,(H,22,23,25).